The molecule has 6 nitrogen and oxygen atoms in total. The molecule has 7 heteroatoms. The molecule has 0 bridgehead atoms. The standard InChI is InChI=1S/C14H20N4O2S/c1-3-20-14(19)18-8-6-17(7-9-18)13-11(12(15)21)10(2)4-5-16-13/h4-5H,3,6-9H2,1-2H3,(H2,15,21). The van der Waals surface area contributed by atoms with Crippen LogP contribution in [0.3, 0.4) is 0 Å². The molecular weight excluding hydrogens is 288 g/mol. The normalized spacial score (nSPS) is 15.0. The summed E-state index contributed by atoms with van der Waals surface area (Å²) in [4.78, 5) is 20.3. The molecular formula is C14H20N4O2S. The fourth-order valence-corrected chi connectivity index (χ4v) is 2.66. The van der Waals surface area contributed by atoms with Crippen LogP contribution in [-0.4, -0.2) is 53.8 Å². The average molecular weight is 308 g/mol. The van der Waals surface area contributed by atoms with Crippen LogP contribution in [0.4, 0.5) is 10.6 Å². The third-order valence-corrected chi connectivity index (χ3v) is 3.70. The first-order valence-electron chi connectivity index (χ1n) is 6.96. The van der Waals surface area contributed by atoms with Gasteiger partial charge in [0.05, 0.1) is 12.2 Å². The summed E-state index contributed by atoms with van der Waals surface area (Å²) in [6.45, 7) is 6.74. The number of nitrogens with zero attached hydrogens (tertiary/aromatic N) is 3. The lowest BCUT2D eigenvalue weighted by molar-refractivity contribution is 0.105. The van der Waals surface area contributed by atoms with Crippen molar-refractivity contribution < 1.29 is 9.53 Å². The molecule has 0 unspecified atom stereocenters. The van der Waals surface area contributed by atoms with E-state index in [1.54, 1.807) is 18.0 Å². The number of hydrogen-bond donors (Lipinski definition) is 1. The van der Waals surface area contributed by atoms with Crippen molar-refractivity contribution in [3.63, 3.8) is 0 Å². The van der Waals surface area contributed by atoms with Crippen molar-refractivity contribution in [2.24, 2.45) is 5.73 Å². The van der Waals surface area contributed by atoms with Gasteiger partial charge in [-0.1, -0.05) is 12.2 Å². The number of piperazine rings is 1. The van der Waals surface area contributed by atoms with Crippen LogP contribution < -0.4 is 10.6 Å². The summed E-state index contributed by atoms with van der Waals surface area (Å²) < 4.78 is 5.02. The van der Waals surface area contributed by atoms with Gasteiger partial charge in [-0.15, -0.1) is 0 Å². The molecule has 0 aliphatic carbocycles. The number of nitrogens with two attached hydrogens (primary N) is 1. The molecule has 21 heavy (non-hydrogen) atoms. The van der Waals surface area contributed by atoms with E-state index in [0.29, 0.717) is 37.8 Å². The lowest BCUT2D eigenvalue weighted by atomic mass is 10.1. The van der Waals surface area contributed by atoms with Gasteiger partial charge in [-0.2, -0.15) is 0 Å². The molecule has 0 spiro atoms. The van der Waals surface area contributed by atoms with E-state index in [0.717, 1.165) is 16.9 Å². The first-order valence-corrected chi connectivity index (χ1v) is 7.37. The van der Waals surface area contributed by atoms with Crippen LogP contribution in [0.15, 0.2) is 12.3 Å². The highest BCUT2D eigenvalue weighted by molar-refractivity contribution is 7.80. The second kappa shape index (κ2) is 6.71. The number of aryl methyl sites for hydroxylation is 1. The Morgan fingerprint density at radius 2 is 2.10 bits per heavy atom. The van der Waals surface area contributed by atoms with Gasteiger partial charge in [-0.05, 0) is 25.5 Å². The second-order valence-corrected chi connectivity index (χ2v) is 5.30. The van der Waals surface area contributed by atoms with E-state index in [2.05, 4.69) is 9.88 Å². The van der Waals surface area contributed by atoms with Crippen LogP contribution in [0.2, 0.25) is 0 Å². The van der Waals surface area contributed by atoms with Crippen molar-refractivity contribution in [2.45, 2.75) is 13.8 Å². The SMILES string of the molecule is CCOC(=O)N1CCN(c2nccc(C)c2C(N)=S)CC1. The average Bonchev–Trinajstić information content (AvgIpc) is 2.47. The monoisotopic (exact) mass is 308 g/mol. The predicted octanol–water partition coefficient (Wildman–Crippen LogP) is 1.30. The Labute approximate surface area is 129 Å². The van der Waals surface area contributed by atoms with Crippen LogP contribution >= 0.6 is 12.2 Å². The highest BCUT2D eigenvalue weighted by atomic mass is 32.1. The number of aromatic nitrogens is 1. The Morgan fingerprint density at radius 1 is 1.43 bits per heavy atom. The van der Waals surface area contributed by atoms with Crippen molar-refractivity contribution in [3.8, 4) is 0 Å². The fraction of sp³-hybridized carbons (Fsp3) is 0.500. The van der Waals surface area contributed by atoms with Crippen LogP contribution in [0, 0.1) is 6.92 Å². The summed E-state index contributed by atoms with van der Waals surface area (Å²) in [5, 5.41) is 0. The first-order chi connectivity index (χ1) is 10.0. The van der Waals surface area contributed by atoms with Gasteiger partial charge in [0.25, 0.3) is 0 Å². The topological polar surface area (TPSA) is 71.7 Å². The van der Waals surface area contributed by atoms with E-state index in [-0.39, 0.29) is 6.09 Å². The highest BCUT2D eigenvalue weighted by Crippen LogP contribution is 2.22. The molecule has 0 atom stereocenters. The maximum Gasteiger partial charge on any atom is 0.409 e. The van der Waals surface area contributed by atoms with Gasteiger partial charge in [-0.3, -0.25) is 0 Å². The largest absolute Gasteiger partial charge is 0.450 e. The van der Waals surface area contributed by atoms with Crippen LogP contribution in [-0.2, 0) is 4.74 Å². The van der Waals surface area contributed by atoms with Gasteiger partial charge in [-0.25, -0.2) is 9.78 Å². The van der Waals surface area contributed by atoms with Gasteiger partial charge in [0, 0.05) is 32.4 Å². The van der Waals surface area contributed by atoms with E-state index in [1.165, 1.54) is 0 Å². The fourth-order valence-electron chi connectivity index (χ4n) is 2.40. The molecule has 0 saturated carbocycles. The molecule has 0 aromatic carbocycles. The van der Waals surface area contributed by atoms with Crippen molar-refractivity contribution in [3.05, 3.63) is 23.4 Å². The summed E-state index contributed by atoms with van der Waals surface area (Å²) in [5.41, 5.74) is 7.65. The summed E-state index contributed by atoms with van der Waals surface area (Å²) in [7, 11) is 0. The Kier molecular flexibility index (Phi) is 4.95. The van der Waals surface area contributed by atoms with Crippen molar-refractivity contribution in [1.82, 2.24) is 9.88 Å². The quantitative estimate of drug-likeness (QED) is 0.849. The summed E-state index contributed by atoms with van der Waals surface area (Å²) in [5.74, 6) is 0.797. The molecule has 1 amide bonds. The van der Waals surface area contributed by atoms with Gasteiger partial charge < -0.3 is 20.3 Å². The Bertz CT molecular complexity index is 542. The summed E-state index contributed by atoms with van der Waals surface area (Å²) in [6.07, 6.45) is 1.49. The van der Waals surface area contributed by atoms with Crippen molar-refractivity contribution >= 4 is 29.1 Å². The summed E-state index contributed by atoms with van der Waals surface area (Å²) in [6, 6.07) is 1.90. The molecule has 2 rings (SSSR count). The molecule has 1 aliphatic rings. The maximum atomic E-state index is 11.7. The molecule has 1 aromatic heterocycles. The number of carbonyl (C=O) groups is 1. The number of thiocarbonyl (C=S) groups is 1. The third kappa shape index (κ3) is 3.41. The van der Waals surface area contributed by atoms with Crippen LogP contribution in [0.5, 0.6) is 0 Å². The number of hydrogen-bond acceptors (Lipinski definition) is 5. The van der Waals surface area contributed by atoms with Gasteiger partial charge in [0.1, 0.15) is 10.8 Å². The predicted molar refractivity (Wildman–Crippen MR) is 85.7 cm³/mol. The summed E-state index contributed by atoms with van der Waals surface area (Å²) >= 11 is 5.13. The minimum absolute atomic E-state index is 0.260. The minimum Gasteiger partial charge on any atom is -0.450 e. The van der Waals surface area contributed by atoms with E-state index in [4.69, 9.17) is 22.7 Å². The maximum absolute atomic E-state index is 11.7. The number of amides is 1. The number of pyridine rings is 1. The Balaban J connectivity index is 2.11. The Hall–Kier alpha value is -1.89. The third-order valence-electron chi connectivity index (χ3n) is 3.49. The molecule has 1 aromatic rings. The molecule has 0 radical (unpaired) electrons. The first kappa shape index (κ1) is 15.5. The van der Waals surface area contributed by atoms with Crippen LogP contribution in [0.25, 0.3) is 0 Å². The molecule has 1 fully saturated rings. The van der Waals surface area contributed by atoms with E-state index < -0.39 is 0 Å². The number of anilines is 1. The van der Waals surface area contributed by atoms with E-state index in [9.17, 15) is 4.79 Å². The van der Waals surface area contributed by atoms with E-state index >= 15 is 0 Å². The zero-order valence-corrected chi connectivity index (χ0v) is 13.2. The van der Waals surface area contributed by atoms with Crippen molar-refractivity contribution in [1.29, 1.82) is 0 Å². The molecule has 2 N–H and O–H groups in total. The molecule has 1 aliphatic heterocycles. The van der Waals surface area contributed by atoms with Gasteiger partial charge >= 0.3 is 6.09 Å². The number of rotatable bonds is 3. The minimum atomic E-state index is -0.260. The zero-order valence-electron chi connectivity index (χ0n) is 12.3. The zero-order chi connectivity index (χ0) is 15.4. The molecule has 2 heterocycles. The molecule has 114 valence electrons. The van der Waals surface area contributed by atoms with E-state index in [1.807, 2.05) is 13.0 Å². The number of carbonyl (C=O) groups excluding carboxylic acids is 1. The second-order valence-electron chi connectivity index (χ2n) is 4.86. The smallest absolute Gasteiger partial charge is 0.409 e. The van der Waals surface area contributed by atoms with Crippen molar-refractivity contribution in [2.75, 3.05) is 37.7 Å². The van der Waals surface area contributed by atoms with Crippen LogP contribution in [0.1, 0.15) is 18.1 Å². The highest BCUT2D eigenvalue weighted by Gasteiger charge is 2.25. The molecule has 1 saturated heterocycles. The van der Waals surface area contributed by atoms with Gasteiger partial charge in [0.2, 0.25) is 0 Å². The number of ether oxygens (including phenoxy) is 1. The Morgan fingerprint density at radius 3 is 2.67 bits per heavy atom. The lowest BCUT2D eigenvalue weighted by Crippen LogP contribution is -2.49. The lowest BCUT2D eigenvalue weighted by Gasteiger charge is -2.35. The van der Waals surface area contributed by atoms with Gasteiger partial charge in [0.15, 0.2) is 0 Å².